The molecule has 2 amide bonds. The van der Waals surface area contributed by atoms with E-state index in [-0.39, 0.29) is 26.8 Å². The number of rotatable bonds is 3. The second kappa shape index (κ2) is 7.48. The van der Waals surface area contributed by atoms with Crippen LogP contribution in [-0.2, 0) is 14.6 Å². The van der Waals surface area contributed by atoms with Crippen molar-refractivity contribution in [3.8, 4) is 0 Å². The van der Waals surface area contributed by atoms with Crippen molar-refractivity contribution in [3.05, 3.63) is 28.8 Å². The van der Waals surface area contributed by atoms with Gasteiger partial charge in [-0.2, -0.15) is 0 Å². The highest BCUT2D eigenvalue weighted by molar-refractivity contribution is 7.90. The molecule has 4 saturated carbocycles. The number of hydrogen-bond donors (Lipinski definition) is 0. The fourth-order valence-electron chi connectivity index (χ4n) is 6.89. The molecule has 5 aliphatic rings. The zero-order chi connectivity index (χ0) is 22.0. The first-order valence-corrected chi connectivity index (χ1v) is 13.5. The molecule has 0 radical (unpaired) electrons. The van der Waals surface area contributed by atoms with Gasteiger partial charge in [0.2, 0.25) is 5.91 Å². The van der Waals surface area contributed by atoms with E-state index in [1.165, 1.54) is 37.5 Å². The highest BCUT2D eigenvalue weighted by Crippen LogP contribution is 2.60. The van der Waals surface area contributed by atoms with Gasteiger partial charge >= 0.3 is 0 Å². The largest absolute Gasteiger partial charge is 0.339 e. The van der Waals surface area contributed by atoms with Gasteiger partial charge in [-0.3, -0.25) is 9.59 Å². The molecule has 0 atom stereocenters. The first-order valence-electron chi connectivity index (χ1n) is 11.2. The van der Waals surface area contributed by atoms with Gasteiger partial charge in [0.05, 0.1) is 20.9 Å². The normalized spacial score (nSPS) is 32.4. The zero-order valence-electron chi connectivity index (χ0n) is 17.8. The summed E-state index contributed by atoms with van der Waals surface area (Å²) < 4.78 is 23.7. The van der Waals surface area contributed by atoms with Crippen molar-refractivity contribution in [2.75, 3.05) is 32.4 Å². The standard InChI is InChI=1S/C23H29ClN2O4S/c1-31(29,30)18-2-3-20(24)19(11-18)21(27)25-4-6-26(7-5-25)22(28)23-12-15-8-16(13-23)10-17(9-15)14-23/h2-3,11,15-17H,4-10,12-14H2,1H3. The van der Waals surface area contributed by atoms with Gasteiger partial charge in [-0.05, 0) is 74.5 Å². The van der Waals surface area contributed by atoms with E-state index in [2.05, 4.69) is 0 Å². The summed E-state index contributed by atoms with van der Waals surface area (Å²) in [5.74, 6) is 2.19. The molecule has 0 aromatic heterocycles. The predicted molar refractivity (Wildman–Crippen MR) is 118 cm³/mol. The summed E-state index contributed by atoms with van der Waals surface area (Å²) in [5, 5.41) is 0.240. The van der Waals surface area contributed by atoms with Crippen molar-refractivity contribution in [1.82, 2.24) is 9.80 Å². The van der Waals surface area contributed by atoms with Crippen molar-refractivity contribution in [2.24, 2.45) is 23.2 Å². The summed E-state index contributed by atoms with van der Waals surface area (Å²) >= 11 is 6.21. The minimum atomic E-state index is -3.43. The number of halogens is 1. The van der Waals surface area contributed by atoms with Crippen LogP contribution in [0.25, 0.3) is 0 Å². The molecule has 0 N–H and O–H groups in total. The van der Waals surface area contributed by atoms with E-state index in [1.54, 1.807) is 4.90 Å². The van der Waals surface area contributed by atoms with E-state index in [9.17, 15) is 18.0 Å². The summed E-state index contributed by atoms with van der Waals surface area (Å²) in [4.78, 5) is 30.3. The Hall–Kier alpha value is -1.60. The highest BCUT2D eigenvalue weighted by Gasteiger charge is 2.55. The Morgan fingerprint density at radius 3 is 1.97 bits per heavy atom. The van der Waals surface area contributed by atoms with Crippen LogP contribution in [0.15, 0.2) is 23.1 Å². The van der Waals surface area contributed by atoms with Gasteiger partial charge < -0.3 is 9.80 Å². The van der Waals surface area contributed by atoms with E-state index in [4.69, 9.17) is 11.6 Å². The second-order valence-corrected chi connectivity index (χ2v) is 12.6. The Morgan fingerprint density at radius 1 is 0.935 bits per heavy atom. The average Bonchev–Trinajstić information content (AvgIpc) is 2.71. The molecule has 1 aliphatic heterocycles. The summed E-state index contributed by atoms with van der Waals surface area (Å²) in [6.07, 6.45) is 8.17. The molecular formula is C23H29ClN2O4S. The van der Waals surface area contributed by atoms with Crippen molar-refractivity contribution >= 4 is 33.3 Å². The van der Waals surface area contributed by atoms with Crippen LogP contribution < -0.4 is 0 Å². The van der Waals surface area contributed by atoms with Crippen LogP contribution in [0.5, 0.6) is 0 Å². The van der Waals surface area contributed by atoms with Crippen LogP contribution in [0, 0.1) is 23.2 Å². The number of carbonyl (C=O) groups excluding carboxylic acids is 2. The first-order chi connectivity index (χ1) is 14.6. The Kier molecular flexibility index (Phi) is 5.13. The summed E-state index contributed by atoms with van der Waals surface area (Å²) in [6, 6.07) is 4.22. The Bertz CT molecular complexity index is 995. The molecule has 0 spiro atoms. The molecule has 6 nitrogen and oxygen atoms in total. The van der Waals surface area contributed by atoms with E-state index in [1.807, 2.05) is 4.90 Å². The molecule has 5 fully saturated rings. The number of carbonyl (C=O) groups is 2. The van der Waals surface area contributed by atoms with E-state index in [0.717, 1.165) is 43.3 Å². The van der Waals surface area contributed by atoms with Crippen molar-refractivity contribution in [2.45, 2.75) is 43.4 Å². The molecular weight excluding hydrogens is 436 g/mol. The van der Waals surface area contributed by atoms with Gasteiger partial charge in [0.25, 0.3) is 5.91 Å². The smallest absolute Gasteiger partial charge is 0.255 e. The molecule has 4 aliphatic carbocycles. The topological polar surface area (TPSA) is 74.8 Å². The van der Waals surface area contributed by atoms with Gasteiger partial charge in [-0.1, -0.05) is 11.6 Å². The molecule has 1 heterocycles. The number of hydrogen-bond acceptors (Lipinski definition) is 4. The van der Waals surface area contributed by atoms with Crippen molar-refractivity contribution in [1.29, 1.82) is 0 Å². The minimum absolute atomic E-state index is 0.0795. The lowest BCUT2D eigenvalue weighted by molar-refractivity contribution is -0.159. The van der Waals surface area contributed by atoms with Gasteiger partial charge in [0.1, 0.15) is 0 Å². The molecule has 1 aromatic rings. The molecule has 6 rings (SSSR count). The van der Waals surface area contributed by atoms with E-state index >= 15 is 0 Å². The number of benzene rings is 1. The lowest BCUT2D eigenvalue weighted by atomic mass is 9.49. The third-order valence-corrected chi connectivity index (χ3v) is 9.38. The lowest BCUT2D eigenvalue weighted by Crippen LogP contribution is -2.58. The fourth-order valence-corrected chi connectivity index (χ4v) is 7.74. The minimum Gasteiger partial charge on any atom is -0.339 e. The average molecular weight is 465 g/mol. The third kappa shape index (κ3) is 3.78. The Morgan fingerprint density at radius 2 is 1.45 bits per heavy atom. The summed E-state index contributed by atoms with van der Waals surface area (Å²) in [5.41, 5.74) is 0.0408. The molecule has 8 heteroatoms. The van der Waals surface area contributed by atoms with Gasteiger partial charge in [0, 0.05) is 32.4 Å². The maximum Gasteiger partial charge on any atom is 0.255 e. The quantitative estimate of drug-likeness (QED) is 0.688. The van der Waals surface area contributed by atoms with Crippen LogP contribution in [0.3, 0.4) is 0 Å². The van der Waals surface area contributed by atoms with Crippen LogP contribution in [-0.4, -0.2) is 62.5 Å². The second-order valence-electron chi connectivity index (χ2n) is 10.2. The SMILES string of the molecule is CS(=O)(=O)c1ccc(Cl)c(C(=O)N2CCN(C(=O)C34CC5CC(CC(C5)C3)C4)CC2)c1. The predicted octanol–water partition coefficient (Wildman–Crippen LogP) is 3.24. The first kappa shape index (κ1) is 21.3. The molecule has 4 bridgehead atoms. The molecule has 0 unspecified atom stereocenters. The van der Waals surface area contributed by atoms with Crippen molar-refractivity contribution < 1.29 is 18.0 Å². The maximum absolute atomic E-state index is 13.5. The van der Waals surface area contributed by atoms with Crippen LogP contribution in [0.1, 0.15) is 48.9 Å². The fraction of sp³-hybridized carbons (Fsp3) is 0.652. The monoisotopic (exact) mass is 464 g/mol. The lowest BCUT2D eigenvalue weighted by Gasteiger charge is -2.57. The Labute approximate surface area is 188 Å². The summed E-state index contributed by atoms with van der Waals surface area (Å²) in [7, 11) is -3.43. The molecule has 1 aromatic carbocycles. The number of nitrogens with zero attached hydrogens (tertiary/aromatic N) is 2. The van der Waals surface area contributed by atoms with Crippen LogP contribution in [0.2, 0.25) is 5.02 Å². The maximum atomic E-state index is 13.5. The summed E-state index contributed by atoms with van der Waals surface area (Å²) in [6.45, 7) is 1.93. The van der Waals surface area contributed by atoms with E-state index in [0.29, 0.717) is 32.1 Å². The highest BCUT2D eigenvalue weighted by atomic mass is 35.5. The third-order valence-electron chi connectivity index (χ3n) is 7.94. The molecule has 1 saturated heterocycles. The number of piperazine rings is 1. The van der Waals surface area contributed by atoms with E-state index < -0.39 is 9.84 Å². The van der Waals surface area contributed by atoms with Crippen LogP contribution in [0.4, 0.5) is 0 Å². The Balaban J connectivity index is 1.27. The zero-order valence-corrected chi connectivity index (χ0v) is 19.4. The molecule has 31 heavy (non-hydrogen) atoms. The number of sulfone groups is 1. The van der Waals surface area contributed by atoms with Gasteiger partial charge in [0.15, 0.2) is 9.84 Å². The number of amides is 2. The van der Waals surface area contributed by atoms with Crippen molar-refractivity contribution in [3.63, 3.8) is 0 Å². The van der Waals surface area contributed by atoms with Gasteiger partial charge in [-0.15, -0.1) is 0 Å². The molecule has 168 valence electrons. The van der Waals surface area contributed by atoms with Crippen LogP contribution >= 0.6 is 11.6 Å². The van der Waals surface area contributed by atoms with Gasteiger partial charge in [-0.25, -0.2) is 8.42 Å².